The number of aryl methyl sites for hydroxylation is 1. The molecule has 6 nitrogen and oxygen atoms in total. The maximum absolute atomic E-state index is 13.1. The van der Waals surface area contributed by atoms with Gasteiger partial charge in [0, 0.05) is 6.42 Å². The fourth-order valence-corrected chi connectivity index (χ4v) is 5.71. The molecule has 0 bridgehead atoms. The minimum Gasteiger partial charge on any atom is -0.467 e. The summed E-state index contributed by atoms with van der Waals surface area (Å²) in [4.78, 5) is 19.1. The van der Waals surface area contributed by atoms with Crippen molar-refractivity contribution in [3.8, 4) is 0 Å². The molecule has 10 heteroatoms. The summed E-state index contributed by atoms with van der Waals surface area (Å²) in [5.74, 6) is -0.854. The van der Waals surface area contributed by atoms with Crippen LogP contribution in [0.3, 0.4) is 0 Å². The van der Waals surface area contributed by atoms with E-state index in [2.05, 4.69) is 4.98 Å². The number of nitrogens with zero attached hydrogens (tertiary/aromatic N) is 2. The SMILES string of the molecule is Cc1ccc(Cl)c2sc(N(Cc3ccco3)C(=O)CCS(=O)(=O)c3ccc(F)cc3)nc12. The topological polar surface area (TPSA) is 80.5 Å². The van der Waals surface area contributed by atoms with Gasteiger partial charge in [-0.05, 0) is 55.0 Å². The van der Waals surface area contributed by atoms with Crippen LogP contribution in [0.2, 0.25) is 5.02 Å². The summed E-state index contributed by atoms with van der Waals surface area (Å²) in [7, 11) is -3.76. The van der Waals surface area contributed by atoms with Crippen molar-refractivity contribution in [3.05, 3.63) is 77.0 Å². The molecule has 166 valence electrons. The van der Waals surface area contributed by atoms with Gasteiger partial charge in [-0.3, -0.25) is 9.69 Å². The van der Waals surface area contributed by atoms with E-state index in [1.165, 1.54) is 34.6 Å². The summed E-state index contributed by atoms with van der Waals surface area (Å²) in [5, 5.41) is 0.926. The van der Waals surface area contributed by atoms with E-state index in [-0.39, 0.29) is 17.9 Å². The van der Waals surface area contributed by atoms with Crippen LogP contribution in [0.1, 0.15) is 17.7 Å². The summed E-state index contributed by atoms with van der Waals surface area (Å²) in [6.07, 6.45) is 1.22. The van der Waals surface area contributed by atoms with Gasteiger partial charge in [0.1, 0.15) is 11.6 Å². The molecule has 2 heterocycles. The molecular weight excluding hydrogens is 475 g/mol. The quantitative estimate of drug-likeness (QED) is 0.323. The van der Waals surface area contributed by atoms with E-state index in [9.17, 15) is 17.6 Å². The highest BCUT2D eigenvalue weighted by Crippen LogP contribution is 2.36. The Morgan fingerprint density at radius 3 is 2.59 bits per heavy atom. The van der Waals surface area contributed by atoms with Crippen LogP contribution in [-0.4, -0.2) is 25.1 Å². The van der Waals surface area contributed by atoms with Gasteiger partial charge in [-0.25, -0.2) is 17.8 Å². The number of thiazole rings is 1. The number of hydrogen-bond donors (Lipinski definition) is 0. The Hall–Kier alpha value is -2.75. The zero-order chi connectivity index (χ0) is 22.9. The van der Waals surface area contributed by atoms with Gasteiger partial charge in [0.25, 0.3) is 0 Å². The Balaban J connectivity index is 1.62. The molecule has 0 aliphatic heterocycles. The first kappa shape index (κ1) is 22.4. The molecule has 0 radical (unpaired) electrons. The first-order valence-corrected chi connectivity index (χ1v) is 12.5. The first-order valence-electron chi connectivity index (χ1n) is 9.61. The number of sulfone groups is 1. The molecule has 4 rings (SSSR count). The van der Waals surface area contributed by atoms with Gasteiger partial charge in [0.15, 0.2) is 15.0 Å². The highest BCUT2D eigenvalue weighted by Gasteiger charge is 2.25. The van der Waals surface area contributed by atoms with E-state index in [1.807, 2.05) is 13.0 Å². The second-order valence-corrected chi connectivity index (χ2v) is 10.6. The maximum atomic E-state index is 13.1. The second kappa shape index (κ2) is 9.01. The van der Waals surface area contributed by atoms with Gasteiger partial charge >= 0.3 is 0 Å². The van der Waals surface area contributed by atoms with E-state index in [1.54, 1.807) is 18.2 Å². The van der Waals surface area contributed by atoms with Crippen molar-refractivity contribution >= 4 is 54.0 Å². The molecule has 0 saturated heterocycles. The van der Waals surface area contributed by atoms with Gasteiger partial charge in [0.05, 0.1) is 38.7 Å². The molecule has 2 aromatic carbocycles. The zero-order valence-corrected chi connectivity index (χ0v) is 19.3. The molecular formula is C22H18ClFN2O4S2. The number of furan rings is 1. The number of benzene rings is 2. The summed E-state index contributed by atoms with van der Waals surface area (Å²) in [6.45, 7) is 2.00. The molecule has 1 amide bonds. The Morgan fingerprint density at radius 1 is 1.19 bits per heavy atom. The van der Waals surface area contributed by atoms with Crippen molar-refractivity contribution in [2.75, 3.05) is 10.7 Å². The zero-order valence-electron chi connectivity index (χ0n) is 16.9. The third-order valence-corrected chi connectivity index (χ3v) is 8.14. The number of halogens is 2. The number of rotatable bonds is 7. The number of anilines is 1. The molecule has 0 atom stereocenters. The lowest BCUT2D eigenvalue weighted by Gasteiger charge is -2.18. The van der Waals surface area contributed by atoms with E-state index >= 15 is 0 Å². The second-order valence-electron chi connectivity index (χ2n) is 7.12. The van der Waals surface area contributed by atoms with Crippen molar-refractivity contribution in [2.24, 2.45) is 0 Å². The van der Waals surface area contributed by atoms with Crippen molar-refractivity contribution in [2.45, 2.75) is 24.8 Å². The van der Waals surface area contributed by atoms with Gasteiger partial charge in [0.2, 0.25) is 5.91 Å². The van der Waals surface area contributed by atoms with Crippen LogP contribution < -0.4 is 4.90 Å². The molecule has 0 saturated carbocycles. The third-order valence-electron chi connectivity index (χ3n) is 4.87. The highest BCUT2D eigenvalue weighted by molar-refractivity contribution is 7.91. The monoisotopic (exact) mass is 492 g/mol. The number of hydrogen-bond acceptors (Lipinski definition) is 6. The number of carbonyl (C=O) groups excluding carboxylic acids is 1. The molecule has 2 aromatic heterocycles. The number of carbonyl (C=O) groups is 1. The van der Waals surface area contributed by atoms with E-state index in [0.29, 0.717) is 21.4 Å². The Morgan fingerprint density at radius 2 is 1.94 bits per heavy atom. The molecule has 0 unspecified atom stereocenters. The van der Waals surface area contributed by atoms with E-state index < -0.39 is 27.3 Å². The average molecular weight is 493 g/mol. The molecule has 4 aromatic rings. The van der Waals surface area contributed by atoms with Crippen LogP contribution in [0.15, 0.2) is 64.1 Å². The fraction of sp³-hybridized carbons (Fsp3) is 0.182. The van der Waals surface area contributed by atoms with Gasteiger partial charge in [-0.2, -0.15) is 0 Å². The highest BCUT2D eigenvalue weighted by atomic mass is 35.5. The predicted octanol–water partition coefficient (Wildman–Crippen LogP) is 5.39. The molecule has 0 aliphatic rings. The molecule has 32 heavy (non-hydrogen) atoms. The summed E-state index contributed by atoms with van der Waals surface area (Å²) < 4.78 is 44.5. The Kier molecular flexibility index (Phi) is 6.32. The van der Waals surface area contributed by atoms with Crippen LogP contribution >= 0.6 is 22.9 Å². The van der Waals surface area contributed by atoms with E-state index in [4.69, 9.17) is 16.0 Å². The number of fused-ring (bicyclic) bond motifs is 1. The van der Waals surface area contributed by atoms with Gasteiger partial charge < -0.3 is 4.42 Å². The van der Waals surface area contributed by atoms with Crippen molar-refractivity contribution in [3.63, 3.8) is 0 Å². The van der Waals surface area contributed by atoms with Crippen LogP contribution in [0, 0.1) is 12.7 Å². The van der Waals surface area contributed by atoms with Crippen molar-refractivity contribution < 1.29 is 22.0 Å². The number of amides is 1. The predicted molar refractivity (Wildman–Crippen MR) is 122 cm³/mol. The summed E-state index contributed by atoms with van der Waals surface area (Å²) in [5.41, 5.74) is 1.60. The minimum absolute atomic E-state index is 0.0355. The largest absolute Gasteiger partial charge is 0.467 e. The molecule has 0 aliphatic carbocycles. The van der Waals surface area contributed by atoms with Crippen LogP contribution in [0.4, 0.5) is 9.52 Å². The van der Waals surface area contributed by atoms with Crippen molar-refractivity contribution in [1.29, 1.82) is 0 Å². The van der Waals surface area contributed by atoms with Gasteiger partial charge in [-0.1, -0.05) is 29.0 Å². The smallest absolute Gasteiger partial charge is 0.230 e. The standard InChI is InChI=1S/C22H18ClFN2O4S2/c1-14-4-9-18(23)21-20(14)25-22(31-21)26(13-16-3-2-11-30-16)19(27)10-12-32(28,29)17-7-5-15(24)6-8-17/h2-9,11H,10,12-13H2,1H3. The Bertz CT molecular complexity index is 1330. The normalized spacial score (nSPS) is 11.7. The molecule has 0 fully saturated rings. The Labute approximate surface area is 193 Å². The maximum Gasteiger partial charge on any atom is 0.230 e. The van der Waals surface area contributed by atoms with Crippen molar-refractivity contribution in [1.82, 2.24) is 4.98 Å². The minimum atomic E-state index is -3.76. The lowest BCUT2D eigenvalue weighted by atomic mass is 10.2. The van der Waals surface area contributed by atoms with E-state index in [0.717, 1.165) is 22.4 Å². The lowest BCUT2D eigenvalue weighted by Crippen LogP contribution is -2.31. The van der Waals surface area contributed by atoms with Crippen LogP contribution in [0.5, 0.6) is 0 Å². The van der Waals surface area contributed by atoms with Gasteiger partial charge in [-0.15, -0.1) is 0 Å². The number of aromatic nitrogens is 1. The third kappa shape index (κ3) is 4.69. The molecule has 0 N–H and O–H groups in total. The first-order chi connectivity index (χ1) is 15.2. The summed E-state index contributed by atoms with van der Waals surface area (Å²) in [6, 6.07) is 11.6. The lowest BCUT2D eigenvalue weighted by molar-refractivity contribution is -0.118. The molecule has 0 spiro atoms. The average Bonchev–Trinajstić information content (AvgIpc) is 3.44. The van der Waals surface area contributed by atoms with Crippen LogP contribution in [-0.2, 0) is 21.2 Å². The van der Waals surface area contributed by atoms with Crippen LogP contribution in [0.25, 0.3) is 10.2 Å². The fourth-order valence-electron chi connectivity index (χ4n) is 3.14. The summed E-state index contributed by atoms with van der Waals surface area (Å²) >= 11 is 7.57.